The summed E-state index contributed by atoms with van der Waals surface area (Å²) in [6, 6.07) is 0. The van der Waals surface area contributed by atoms with Crippen molar-refractivity contribution in [2.24, 2.45) is 23.7 Å². The normalized spacial score (nSPS) is 27.9. The minimum absolute atomic E-state index is 0.0616. The van der Waals surface area contributed by atoms with Crippen LogP contribution in [0.4, 0.5) is 5.13 Å². The number of nitrogens with one attached hydrogen (secondary N) is 1. The molecule has 1 aromatic heterocycles. The molecule has 4 atom stereocenters. The van der Waals surface area contributed by atoms with Crippen LogP contribution < -0.4 is 5.32 Å². The van der Waals surface area contributed by atoms with Gasteiger partial charge in [0.2, 0.25) is 5.91 Å². The molecule has 1 amide bonds. The second-order valence-corrected chi connectivity index (χ2v) is 7.20. The van der Waals surface area contributed by atoms with E-state index in [2.05, 4.69) is 10.3 Å². The van der Waals surface area contributed by atoms with E-state index in [4.69, 9.17) is 4.74 Å². The van der Waals surface area contributed by atoms with Crippen LogP contribution in [0.25, 0.3) is 0 Å². The van der Waals surface area contributed by atoms with E-state index >= 15 is 0 Å². The van der Waals surface area contributed by atoms with Crippen molar-refractivity contribution >= 4 is 34.3 Å². The van der Waals surface area contributed by atoms with Gasteiger partial charge in [-0.25, -0.2) is 4.98 Å². The number of nitrogens with zero attached hydrogens (tertiary/aromatic N) is 1. The highest BCUT2D eigenvalue weighted by Crippen LogP contribution is 2.52. The molecule has 2 aliphatic carbocycles. The number of aromatic nitrogens is 1. The van der Waals surface area contributed by atoms with E-state index in [0.29, 0.717) is 17.4 Å². The van der Waals surface area contributed by atoms with Crippen LogP contribution in [-0.2, 0) is 25.5 Å². The number of rotatable bonds is 6. The molecule has 8 heteroatoms. The molecule has 2 N–H and O–H groups in total. The maximum absolute atomic E-state index is 12.6. The third-order valence-electron chi connectivity index (χ3n) is 4.92. The number of carboxylic acid groups (broad SMARTS) is 1. The molecule has 3 rings (SSSR count). The molecular weight excluding hydrogens is 332 g/mol. The Morgan fingerprint density at radius 2 is 2.04 bits per heavy atom. The van der Waals surface area contributed by atoms with Gasteiger partial charge in [-0.05, 0) is 38.0 Å². The molecule has 7 nitrogen and oxygen atoms in total. The molecule has 130 valence electrons. The Kier molecular flexibility index (Phi) is 4.84. The van der Waals surface area contributed by atoms with Crippen molar-refractivity contribution in [2.75, 3.05) is 11.9 Å². The SMILES string of the molecule is CCOC(=O)Cc1csc(NC(=O)[C@H]2[C@@H]3CC[C@@H](C3)[C@@H]2C(=O)O)n1. The first-order chi connectivity index (χ1) is 11.5. The molecule has 0 unspecified atom stereocenters. The third-order valence-corrected chi connectivity index (χ3v) is 5.72. The summed E-state index contributed by atoms with van der Waals surface area (Å²) < 4.78 is 4.86. The van der Waals surface area contributed by atoms with Crippen molar-refractivity contribution < 1.29 is 24.2 Å². The van der Waals surface area contributed by atoms with Gasteiger partial charge in [-0.15, -0.1) is 11.3 Å². The lowest BCUT2D eigenvalue weighted by atomic mass is 9.79. The van der Waals surface area contributed by atoms with Crippen LogP contribution in [0.15, 0.2) is 5.38 Å². The number of hydrogen-bond acceptors (Lipinski definition) is 6. The van der Waals surface area contributed by atoms with Crippen molar-refractivity contribution in [3.63, 3.8) is 0 Å². The van der Waals surface area contributed by atoms with Gasteiger partial charge in [0.25, 0.3) is 0 Å². The van der Waals surface area contributed by atoms with E-state index in [-0.39, 0.29) is 30.1 Å². The minimum Gasteiger partial charge on any atom is -0.481 e. The standard InChI is InChI=1S/C16H20N2O5S/c1-2-23-11(19)6-10-7-24-16(17-10)18-14(20)12-8-3-4-9(5-8)13(12)15(21)22/h7-9,12-13H,2-6H2,1H3,(H,21,22)(H,17,18,20)/t8-,9+,12+,13+/m1/s1. The monoisotopic (exact) mass is 352 g/mol. The van der Waals surface area contributed by atoms with Crippen molar-refractivity contribution in [1.82, 2.24) is 4.98 Å². The van der Waals surface area contributed by atoms with Crippen molar-refractivity contribution in [3.05, 3.63) is 11.1 Å². The van der Waals surface area contributed by atoms with E-state index < -0.39 is 17.8 Å². The maximum Gasteiger partial charge on any atom is 0.311 e. The van der Waals surface area contributed by atoms with Gasteiger partial charge in [-0.3, -0.25) is 14.4 Å². The topological polar surface area (TPSA) is 106 Å². The number of thiazole rings is 1. The zero-order valence-corrected chi connectivity index (χ0v) is 14.2. The molecule has 0 aromatic carbocycles. The van der Waals surface area contributed by atoms with Gasteiger partial charge >= 0.3 is 11.9 Å². The average Bonchev–Trinajstić information content (AvgIpc) is 3.22. The third kappa shape index (κ3) is 3.28. The number of anilines is 1. The van der Waals surface area contributed by atoms with Gasteiger partial charge in [0, 0.05) is 5.38 Å². The first kappa shape index (κ1) is 16.9. The van der Waals surface area contributed by atoms with Crippen LogP contribution >= 0.6 is 11.3 Å². The Labute approximate surface area is 143 Å². The summed E-state index contributed by atoms with van der Waals surface area (Å²) in [6.07, 6.45) is 2.69. The maximum atomic E-state index is 12.6. The van der Waals surface area contributed by atoms with Crippen molar-refractivity contribution in [2.45, 2.75) is 32.6 Å². The number of ether oxygens (including phenoxy) is 1. The number of fused-ring (bicyclic) bond motifs is 2. The second-order valence-electron chi connectivity index (χ2n) is 6.34. The number of carbonyl (C=O) groups excluding carboxylic acids is 2. The Morgan fingerprint density at radius 3 is 2.71 bits per heavy atom. The molecule has 2 bridgehead atoms. The zero-order chi connectivity index (χ0) is 17.3. The van der Waals surface area contributed by atoms with Crippen LogP contribution in [0, 0.1) is 23.7 Å². The molecule has 0 saturated heterocycles. The highest BCUT2D eigenvalue weighted by atomic mass is 32.1. The van der Waals surface area contributed by atoms with Gasteiger partial charge in [0.1, 0.15) is 0 Å². The molecule has 0 aliphatic heterocycles. The van der Waals surface area contributed by atoms with Gasteiger partial charge in [0.15, 0.2) is 5.13 Å². The number of carboxylic acids is 1. The Hall–Kier alpha value is -1.96. The largest absolute Gasteiger partial charge is 0.481 e. The summed E-state index contributed by atoms with van der Waals surface area (Å²) in [4.78, 5) is 39.7. The average molecular weight is 352 g/mol. The zero-order valence-electron chi connectivity index (χ0n) is 13.4. The van der Waals surface area contributed by atoms with Gasteiger partial charge in [-0.2, -0.15) is 0 Å². The number of hydrogen-bond donors (Lipinski definition) is 2. The van der Waals surface area contributed by atoms with Gasteiger partial charge in [-0.1, -0.05) is 0 Å². The summed E-state index contributed by atoms with van der Waals surface area (Å²) in [5, 5.41) is 14.3. The molecule has 0 spiro atoms. The highest BCUT2D eigenvalue weighted by Gasteiger charge is 2.54. The molecule has 1 heterocycles. The van der Waals surface area contributed by atoms with Crippen molar-refractivity contribution in [3.8, 4) is 0 Å². The Balaban J connectivity index is 1.64. The van der Waals surface area contributed by atoms with Crippen LogP contribution in [0.1, 0.15) is 31.9 Å². The van der Waals surface area contributed by atoms with Crippen molar-refractivity contribution in [1.29, 1.82) is 0 Å². The number of aliphatic carboxylic acids is 1. The number of amides is 1. The lowest BCUT2D eigenvalue weighted by Gasteiger charge is -2.26. The second kappa shape index (κ2) is 6.88. The van der Waals surface area contributed by atoms with Gasteiger partial charge in [0.05, 0.1) is 30.6 Å². The van der Waals surface area contributed by atoms with E-state index in [1.807, 2.05) is 0 Å². The summed E-state index contributed by atoms with van der Waals surface area (Å²) in [5.41, 5.74) is 0.538. The lowest BCUT2D eigenvalue weighted by Crippen LogP contribution is -2.37. The fourth-order valence-corrected chi connectivity index (χ4v) is 4.73. The molecule has 2 saturated carbocycles. The molecule has 1 aromatic rings. The van der Waals surface area contributed by atoms with Crippen LogP contribution in [0.3, 0.4) is 0 Å². The van der Waals surface area contributed by atoms with E-state index in [1.165, 1.54) is 11.3 Å². The smallest absolute Gasteiger partial charge is 0.311 e. The summed E-state index contributed by atoms with van der Waals surface area (Å²) in [6.45, 7) is 2.05. The van der Waals surface area contributed by atoms with E-state index in [0.717, 1.165) is 19.3 Å². The predicted molar refractivity (Wildman–Crippen MR) is 86.5 cm³/mol. The summed E-state index contributed by atoms with van der Waals surface area (Å²) >= 11 is 1.23. The summed E-state index contributed by atoms with van der Waals surface area (Å²) in [5.74, 6) is -2.34. The molecular formula is C16H20N2O5S. The number of carbonyl (C=O) groups is 3. The van der Waals surface area contributed by atoms with Crippen LogP contribution in [0.5, 0.6) is 0 Å². The first-order valence-corrected chi connectivity index (χ1v) is 9.01. The minimum atomic E-state index is -0.885. The molecule has 2 fully saturated rings. The van der Waals surface area contributed by atoms with Gasteiger partial charge < -0.3 is 15.2 Å². The molecule has 2 aliphatic rings. The predicted octanol–water partition coefficient (Wildman–Crippen LogP) is 1.93. The fourth-order valence-electron chi connectivity index (χ4n) is 4.02. The first-order valence-electron chi connectivity index (χ1n) is 8.13. The summed E-state index contributed by atoms with van der Waals surface area (Å²) in [7, 11) is 0. The van der Waals surface area contributed by atoms with Crippen LogP contribution in [0.2, 0.25) is 0 Å². The molecule has 24 heavy (non-hydrogen) atoms. The molecule has 0 radical (unpaired) electrons. The fraction of sp³-hybridized carbons (Fsp3) is 0.625. The van der Waals surface area contributed by atoms with Crippen LogP contribution in [-0.4, -0.2) is 34.5 Å². The Morgan fingerprint density at radius 1 is 1.33 bits per heavy atom. The Bertz CT molecular complexity index is 659. The highest BCUT2D eigenvalue weighted by molar-refractivity contribution is 7.13. The van der Waals surface area contributed by atoms with E-state index in [9.17, 15) is 19.5 Å². The number of esters is 1. The quantitative estimate of drug-likeness (QED) is 0.758. The van der Waals surface area contributed by atoms with E-state index in [1.54, 1.807) is 12.3 Å². The lowest BCUT2D eigenvalue weighted by molar-refractivity contribution is -0.148.